The maximum absolute atomic E-state index is 12.9. The monoisotopic (exact) mass is 434 g/mol. The summed E-state index contributed by atoms with van der Waals surface area (Å²) in [6.07, 6.45) is 7.58. The van der Waals surface area contributed by atoms with Crippen LogP contribution in [-0.2, 0) is 4.79 Å². The summed E-state index contributed by atoms with van der Waals surface area (Å²) in [4.78, 5) is 26.6. The van der Waals surface area contributed by atoms with E-state index in [0.717, 1.165) is 53.2 Å². The highest BCUT2D eigenvalue weighted by atomic mass is 32.2. The number of nitrogens with one attached hydrogen (secondary N) is 2. The molecular formula is C26H30N2O2S. The van der Waals surface area contributed by atoms with Gasteiger partial charge in [0.05, 0.1) is 11.3 Å². The van der Waals surface area contributed by atoms with Gasteiger partial charge in [-0.1, -0.05) is 29.8 Å². The molecule has 4 bridgehead atoms. The second kappa shape index (κ2) is 8.34. The van der Waals surface area contributed by atoms with Crippen LogP contribution >= 0.6 is 11.8 Å². The first-order chi connectivity index (χ1) is 15.0. The van der Waals surface area contributed by atoms with Crippen molar-refractivity contribution in [3.05, 3.63) is 59.7 Å². The summed E-state index contributed by atoms with van der Waals surface area (Å²) in [5.41, 5.74) is 2.57. The zero-order valence-corrected chi connectivity index (χ0v) is 18.8. The van der Waals surface area contributed by atoms with E-state index in [0.29, 0.717) is 11.3 Å². The molecule has 2 aromatic carbocycles. The van der Waals surface area contributed by atoms with Crippen LogP contribution in [0.25, 0.3) is 0 Å². The number of amides is 2. The predicted molar refractivity (Wildman–Crippen MR) is 125 cm³/mol. The molecule has 31 heavy (non-hydrogen) atoms. The van der Waals surface area contributed by atoms with Gasteiger partial charge >= 0.3 is 0 Å². The average molecular weight is 435 g/mol. The zero-order valence-electron chi connectivity index (χ0n) is 18.0. The minimum absolute atomic E-state index is 0.0364. The summed E-state index contributed by atoms with van der Waals surface area (Å²) in [6.45, 7) is 2.02. The van der Waals surface area contributed by atoms with E-state index in [2.05, 4.69) is 10.6 Å². The number of carbonyl (C=O) groups excluding carboxylic acids is 2. The molecule has 4 fully saturated rings. The molecule has 0 saturated heterocycles. The Hall–Kier alpha value is -2.27. The molecule has 4 saturated carbocycles. The van der Waals surface area contributed by atoms with Gasteiger partial charge < -0.3 is 10.6 Å². The van der Waals surface area contributed by atoms with Gasteiger partial charge in [-0.25, -0.2) is 0 Å². The van der Waals surface area contributed by atoms with Gasteiger partial charge in [0.2, 0.25) is 5.91 Å². The number of rotatable bonds is 6. The highest BCUT2D eigenvalue weighted by Crippen LogP contribution is 2.55. The molecule has 0 heterocycles. The Morgan fingerprint density at radius 3 is 2.19 bits per heavy atom. The third-order valence-electron chi connectivity index (χ3n) is 7.24. The number of anilines is 1. The molecule has 162 valence electrons. The Morgan fingerprint density at radius 2 is 1.55 bits per heavy atom. The summed E-state index contributed by atoms with van der Waals surface area (Å²) < 4.78 is 0. The molecule has 4 aliphatic carbocycles. The third-order valence-corrected chi connectivity index (χ3v) is 8.32. The summed E-state index contributed by atoms with van der Waals surface area (Å²) in [7, 11) is 0. The van der Waals surface area contributed by atoms with Gasteiger partial charge in [0, 0.05) is 16.1 Å². The normalized spacial score (nSPS) is 28.4. The largest absolute Gasteiger partial charge is 0.350 e. The lowest BCUT2D eigenvalue weighted by atomic mass is 9.53. The van der Waals surface area contributed by atoms with Gasteiger partial charge in [-0.2, -0.15) is 0 Å². The van der Waals surface area contributed by atoms with Crippen LogP contribution in [0.15, 0.2) is 53.4 Å². The van der Waals surface area contributed by atoms with Crippen LogP contribution in [0.5, 0.6) is 0 Å². The van der Waals surface area contributed by atoms with E-state index >= 15 is 0 Å². The predicted octanol–water partition coefficient (Wildman–Crippen LogP) is 5.42. The summed E-state index contributed by atoms with van der Waals surface area (Å²) in [5.74, 6) is 2.73. The van der Waals surface area contributed by atoms with Gasteiger partial charge in [-0.05, 0) is 87.5 Å². The van der Waals surface area contributed by atoms with Crippen molar-refractivity contribution >= 4 is 29.3 Å². The molecule has 4 aliphatic rings. The lowest BCUT2D eigenvalue weighted by Gasteiger charge is -2.56. The number of hydrogen-bond donors (Lipinski definition) is 2. The fraction of sp³-hybridized carbons (Fsp3) is 0.462. The molecule has 0 unspecified atom stereocenters. The van der Waals surface area contributed by atoms with Crippen molar-refractivity contribution in [1.82, 2.24) is 5.32 Å². The maximum atomic E-state index is 12.9. The van der Waals surface area contributed by atoms with Gasteiger partial charge in [-0.15, -0.1) is 11.8 Å². The van der Waals surface area contributed by atoms with E-state index in [-0.39, 0.29) is 17.4 Å². The summed E-state index contributed by atoms with van der Waals surface area (Å²) >= 11 is 1.45. The van der Waals surface area contributed by atoms with Crippen LogP contribution in [0.2, 0.25) is 0 Å². The molecule has 0 aliphatic heterocycles. The van der Waals surface area contributed by atoms with Crippen molar-refractivity contribution in [1.29, 1.82) is 0 Å². The maximum Gasteiger partial charge on any atom is 0.256 e. The Labute approximate surface area is 188 Å². The minimum atomic E-state index is -0.145. The van der Waals surface area contributed by atoms with Crippen molar-refractivity contribution in [3.8, 4) is 0 Å². The van der Waals surface area contributed by atoms with E-state index in [9.17, 15) is 9.59 Å². The second-order valence-electron chi connectivity index (χ2n) is 9.85. The van der Waals surface area contributed by atoms with E-state index in [4.69, 9.17) is 0 Å². The van der Waals surface area contributed by atoms with Crippen molar-refractivity contribution in [2.75, 3.05) is 11.1 Å². The minimum Gasteiger partial charge on any atom is -0.350 e. The van der Waals surface area contributed by atoms with Gasteiger partial charge in [-0.3, -0.25) is 9.59 Å². The molecule has 2 N–H and O–H groups in total. The lowest BCUT2D eigenvalue weighted by Crippen LogP contribution is -2.60. The summed E-state index contributed by atoms with van der Waals surface area (Å²) in [5, 5.41) is 6.39. The van der Waals surface area contributed by atoms with Gasteiger partial charge in [0.25, 0.3) is 5.91 Å². The number of carbonyl (C=O) groups is 2. The van der Waals surface area contributed by atoms with Crippen LogP contribution in [0, 0.1) is 24.7 Å². The molecule has 4 nitrogen and oxygen atoms in total. The van der Waals surface area contributed by atoms with Gasteiger partial charge in [0.1, 0.15) is 0 Å². The Bertz CT molecular complexity index is 950. The zero-order chi connectivity index (χ0) is 21.4. The first kappa shape index (κ1) is 20.6. The first-order valence-electron chi connectivity index (χ1n) is 11.4. The van der Waals surface area contributed by atoms with Crippen LogP contribution in [0.3, 0.4) is 0 Å². The SMILES string of the molecule is Cc1ccc(NC(=O)c2ccccc2SCC(=O)NC23CC4CC(CC(C4)C2)C3)cc1. The van der Waals surface area contributed by atoms with E-state index in [1.54, 1.807) is 0 Å². The van der Waals surface area contributed by atoms with Crippen molar-refractivity contribution < 1.29 is 9.59 Å². The lowest BCUT2D eigenvalue weighted by molar-refractivity contribution is -0.124. The second-order valence-corrected chi connectivity index (χ2v) is 10.9. The van der Waals surface area contributed by atoms with E-state index in [1.807, 2.05) is 55.5 Å². The fourth-order valence-electron chi connectivity index (χ4n) is 6.35. The van der Waals surface area contributed by atoms with Crippen molar-refractivity contribution in [3.63, 3.8) is 0 Å². The number of aryl methyl sites for hydroxylation is 1. The quantitative estimate of drug-likeness (QED) is 0.597. The fourth-order valence-corrected chi connectivity index (χ4v) is 7.20. The molecule has 0 aromatic heterocycles. The Morgan fingerprint density at radius 1 is 0.935 bits per heavy atom. The highest BCUT2D eigenvalue weighted by molar-refractivity contribution is 8.00. The number of thioether (sulfide) groups is 1. The van der Waals surface area contributed by atoms with E-state index in [1.165, 1.54) is 31.0 Å². The molecule has 0 atom stereocenters. The van der Waals surface area contributed by atoms with Crippen molar-refractivity contribution in [2.45, 2.75) is 55.9 Å². The van der Waals surface area contributed by atoms with Crippen LogP contribution in [-0.4, -0.2) is 23.1 Å². The van der Waals surface area contributed by atoms with Crippen LogP contribution in [0.4, 0.5) is 5.69 Å². The van der Waals surface area contributed by atoms with E-state index < -0.39 is 0 Å². The molecule has 0 spiro atoms. The molecule has 5 heteroatoms. The van der Waals surface area contributed by atoms with Crippen molar-refractivity contribution in [2.24, 2.45) is 17.8 Å². The number of benzene rings is 2. The average Bonchev–Trinajstić information content (AvgIpc) is 2.73. The Balaban J connectivity index is 1.21. The Kier molecular flexibility index (Phi) is 5.55. The molecule has 6 rings (SSSR count). The molecule has 0 radical (unpaired) electrons. The van der Waals surface area contributed by atoms with Gasteiger partial charge in [0.15, 0.2) is 0 Å². The third kappa shape index (κ3) is 4.52. The smallest absolute Gasteiger partial charge is 0.256 e. The number of hydrogen-bond acceptors (Lipinski definition) is 3. The van der Waals surface area contributed by atoms with Crippen LogP contribution < -0.4 is 10.6 Å². The standard InChI is InChI=1S/C26H30N2O2S/c1-17-6-8-21(9-7-17)27-25(30)22-4-2-3-5-23(22)31-16-24(29)28-26-13-18-10-19(14-26)12-20(11-18)15-26/h2-9,18-20H,10-16H2,1H3,(H,27,30)(H,28,29). The highest BCUT2D eigenvalue weighted by Gasteiger charge is 2.51. The molecule has 2 aromatic rings. The molecular weight excluding hydrogens is 404 g/mol. The van der Waals surface area contributed by atoms with Crippen LogP contribution in [0.1, 0.15) is 54.4 Å². The summed E-state index contributed by atoms with van der Waals surface area (Å²) in [6, 6.07) is 15.3. The topological polar surface area (TPSA) is 58.2 Å². The first-order valence-corrected chi connectivity index (χ1v) is 12.4. The molecule has 2 amide bonds.